The highest BCUT2D eigenvalue weighted by molar-refractivity contribution is 9.10. The molecular formula is C14H15BrFN3. The predicted octanol–water partition coefficient (Wildman–Crippen LogP) is 3.66. The van der Waals surface area contributed by atoms with E-state index in [1.807, 2.05) is 37.2 Å². The Morgan fingerprint density at radius 3 is 2.79 bits per heavy atom. The summed E-state index contributed by atoms with van der Waals surface area (Å²) in [6.07, 6.45) is 1.74. The molecule has 0 aliphatic carbocycles. The first-order valence-electron chi connectivity index (χ1n) is 5.88. The number of hydrogen-bond acceptors (Lipinski definition) is 3. The van der Waals surface area contributed by atoms with Gasteiger partial charge in [-0.1, -0.05) is 22.0 Å². The summed E-state index contributed by atoms with van der Waals surface area (Å²) in [4.78, 5) is 6.21. The summed E-state index contributed by atoms with van der Waals surface area (Å²) in [6.45, 7) is 0.422. The highest BCUT2D eigenvalue weighted by Gasteiger charge is 2.07. The lowest BCUT2D eigenvalue weighted by atomic mass is 10.2. The van der Waals surface area contributed by atoms with Gasteiger partial charge in [0.2, 0.25) is 0 Å². The molecule has 1 aromatic heterocycles. The van der Waals surface area contributed by atoms with Gasteiger partial charge in [0, 0.05) is 36.9 Å². The molecule has 0 amide bonds. The van der Waals surface area contributed by atoms with E-state index in [0.717, 1.165) is 16.0 Å². The summed E-state index contributed by atoms with van der Waals surface area (Å²) in [6, 6.07) is 8.84. The van der Waals surface area contributed by atoms with Gasteiger partial charge in [-0.3, -0.25) is 0 Å². The van der Waals surface area contributed by atoms with E-state index in [1.165, 1.54) is 6.07 Å². The molecule has 1 aromatic carbocycles. The lowest BCUT2D eigenvalue weighted by Gasteiger charge is -2.17. The van der Waals surface area contributed by atoms with Crippen LogP contribution in [0.25, 0.3) is 0 Å². The molecule has 0 atom stereocenters. The average molecular weight is 324 g/mol. The summed E-state index contributed by atoms with van der Waals surface area (Å²) in [5, 5.41) is 3.21. The molecule has 2 aromatic rings. The maximum atomic E-state index is 13.7. The standard InChI is InChI=1S/C14H15BrFN3/c1-19(2)14-13(4-3-7-17-14)18-9-10-5-6-11(15)8-12(10)16/h3-8,18H,9H2,1-2H3. The van der Waals surface area contributed by atoms with Gasteiger partial charge in [-0.05, 0) is 24.3 Å². The van der Waals surface area contributed by atoms with Crippen LogP contribution >= 0.6 is 15.9 Å². The average Bonchev–Trinajstić information content (AvgIpc) is 2.38. The van der Waals surface area contributed by atoms with Gasteiger partial charge in [0.25, 0.3) is 0 Å². The summed E-state index contributed by atoms with van der Waals surface area (Å²) in [5.41, 5.74) is 1.51. The van der Waals surface area contributed by atoms with Crippen LogP contribution in [0, 0.1) is 5.82 Å². The molecule has 0 spiro atoms. The Kier molecular flexibility index (Phi) is 4.37. The summed E-state index contributed by atoms with van der Waals surface area (Å²) < 4.78 is 14.5. The fourth-order valence-electron chi connectivity index (χ4n) is 1.75. The molecule has 0 aliphatic heterocycles. The first kappa shape index (κ1) is 13.8. The van der Waals surface area contributed by atoms with Crippen LogP contribution in [0.15, 0.2) is 41.0 Å². The van der Waals surface area contributed by atoms with Gasteiger partial charge >= 0.3 is 0 Å². The van der Waals surface area contributed by atoms with Crippen LogP contribution in [0.3, 0.4) is 0 Å². The molecule has 3 nitrogen and oxygen atoms in total. The van der Waals surface area contributed by atoms with E-state index in [0.29, 0.717) is 12.1 Å². The first-order chi connectivity index (χ1) is 9.08. The minimum Gasteiger partial charge on any atom is -0.378 e. The molecule has 0 unspecified atom stereocenters. The monoisotopic (exact) mass is 323 g/mol. The molecule has 100 valence electrons. The van der Waals surface area contributed by atoms with Gasteiger partial charge in [0.1, 0.15) is 5.82 Å². The Bertz CT molecular complexity index is 572. The van der Waals surface area contributed by atoms with Gasteiger partial charge in [-0.2, -0.15) is 0 Å². The Morgan fingerprint density at radius 2 is 2.11 bits per heavy atom. The van der Waals surface area contributed by atoms with Crippen molar-refractivity contribution in [3.8, 4) is 0 Å². The normalized spacial score (nSPS) is 10.3. The van der Waals surface area contributed by atoms with E-state index in [4.69, 9.17) is 0 Å². The van der Waals surface area contributed by atoms with Gasteiger partial charge in [-0.15, -0.1) is 0 Å². The van der Waals surface area contributed by atoms with Crippen molar-refractivity contribution in [1.82, 2.24) is 4.98 Å². The number of benzene rings is 1. The molecule has 1 N–H and O–H groups in total. The van der Waals surface area contributed by atoms with Crippen molar-refractivity contribution in [2.75, 3.05) is 24.3 Å². The SMILES string of the molecule is CN(C)c1ncccc1NCc1ccc(Br)cc1F. The molecule has 0 radical (unpaired) electrons. The van der Waals surface area contributed by atoms with Crippen molar-refractivity contribution in [3.05, 3.63) is 52.4 Å². The lowest BCUT2D eigenvalue weighted by Crippen LogP contribution is -2.14. The summed E-state index contributed by atoms with van der Waals surface area (Å²) >= 11 is 3.25. The number of anilines is 2. The van der Waals surface area contributed by atoms with Crippen LogP contribution in [-0.4, -0.2) is 19.1 Å². The highest BCUT2D eigenvalue weighted by atomic mass is 79.9. The topological polar surface area (TPSA) is 28.2 Å². The number of rotatable bonds is 4. The van der Waals surface area contributed by atoms with Crippen LogP contribution in [0.2, 0.25) is 0 Å². The van der Waals surface area contributed by atoms with Crippen LogP contribution in [0.4, 0.5) is 15.9 Å². The fourth-order valence-corrected chi connectivity index (χ4v) is 2.08. The number of halogens is 2. The third-order valence-electron chi connectivity index (χ3n) is 2.69. The quantitative estimate of drug-likeness (QED) is 0.930. The predicted molar refractivity (Wildman–Crippen MR) is 80.0 cm³/mol. The zero-order valence-corrected chi connectivity index (χ0v) is 12.4. The van der Waals surface area contributed by atoms with Gasteiger partial charge < -0.3 is 10.2 Å². The molecular weight excluding hydrogens is 309 g/mol. The summed E-state index contributed by atoms with van der Waals surface area (Å²) in [7, 11) is 3.85. The van der Waals surface area contributed by atoms with Crippen molar-refractivity contribution < 1.29 is 4.39 Å². The minimum atomic E-state index is -0.225. The fraction of sp³-hybridized carbons (Fsp3) is 0.214. The second kappa shape index (κ2) is 6.02. The second-order valence-electron chi connectivity index (χ2n) is 4.36. The maximum Gasteiger partial charge on any atom is 0.151 e. The summed E-state index contributed by atoms with van der Waals surface area (Å²) in [5.74, 6) is 0.609. The van der Waals surface area contributed by atoms with Crippen molar-refractivity contribution in [1.29, 1.82) is 0 Å². The largest absolute Gasteiger partial charge is 0.378 e. The van der Waals surface area contributed by atoms with Crippen LogP contribution in [-0.2, 0) is 6.54 Å². The minimum absolute atomic E-state index is 0.225. The van der Waals surface area contributed by atoms with E-state index >= 15 is 0 Å². The first-order valence-corrected chi connectivity index (χ1v) is 6.67. The molecule has 0 aliphatic rings. The smallest absolute Gasteiger partial charge is 0.151 e. The maximum absolute atomic E-state index is 13.7. The Morgan fingerprint density at radius 1 is 1.32 bits per heavy atom. The zero-order valence-electron chi connectivity index (χ0n) is 10.8. The number of nitrogens with one attached hydrogen (secondary N) is 1. The molecule has 2 rings (SSSR count). The molecule has 0 saturated heterocycles. The zero-order chi connectivity index (χ0) is 13.8. The lowest BCUT2D eigenvalue weighted by molar-refractivity contribution is 0.612. The van der Waals surface area contributed by atoms with Gasteiger partial charge in [0.05, 0.1) is 5.69 Å². The van der Waals surface area contributed by atoms with Crippen LogP contribution < -0.4 is 10.2 Å². The third kappa shape index (κ3) is 3.44. The molecule has 1 heterocycles. The van der Waals surface area contributed by atoms with Crippen molar-refractivity contribution >= 4 is 27.4 Å². The van der Waals surface area contributed by atoms with Crippen molar-refractivity contribution in [2.24, 2.45) is 0 Å². The highest BCUT2D eigenvalue weighted by Crippen LogP contribution is 2.22. The van der Waals surface area contributed by atoms with E-state index in [9.17, 15) is 4.39 Å². The Labute approximate surface area is 120 Å². The molecule has 0 bridgehead atoms. The van der Waals surface area contributed by atoms with E-state index in [1.54, 1.807) is 12.3 Å². The number of hydrogen-bond donors (Lipinski definition) is 1. The second-order valence-corrected chi connectivity index (χ2v) is 5.27. The molecule has 5 heteroatoms. The van der Waals surface area contributed by atoms with Gasteiger partial charge in [0.15, 0.2) is 5.82 Å². The Hall–Kier alpha value is -1.62. The van der Waals surface area contributed by atoms with Crippen LogP contribution in [0.1, 0.15) is 5.56 Å². The molecule has 19 heavy (non-hydrogen) atoms. The van der Waals surface area contributed by atoms with E-state index in [2.05, 4.69) is 26.2 Å². The van der Waals surface area contributed by atoms with Crippen LogP contribution in [0.5, 0.6) is 0 Å². The van der Waals surface area contributed by atoms with E-state index in [-0.39, 0.29) is 5.82 Å². The third-order valence-corrected chi connectivity index (χ3v) is 3.19. The number of aromatic nitrogens is 1. The molecule has 0 fully saturated rings. The van der Waals surface area contributed by atoms with Crippen molar-refractivity contribution in [2.45, 2.75) is 6.54 Å². The van der Waals surface area contributed by atoms with Gasteiger partial charge in [-0.25, -0.2) is 9.37 Å². The number of pyridine rings is 1. The van der Waals surface area contributed by atoms with E-state index < -0.39 is 0 Å². The van der Waals surface area contributed by atoms with Crippen molar-refractivity contribution in [3.63, 3.8) is 0 Å². The molecule has 0 saturated carbocycles. The Balaban J connectivity index is 2.14. The number of nitrogens with zero attached hydrogens (tertiary/aromatic N) is 2.